The van der Waals surface area contributed by atoms with Gasteiger partial charge in [0.05, 0.1) is 10.8 Å². The lowest BCUT2D eigenvalue weighted by atomic mass is 9.97. The molecule has 1 heterocycles. The molecule has 1 aromatic rings. The minimum absolute atomic E-state index is 0.123. The van der Waals surface area contributed by atoms with Crippen LogP contribution in [0, 0.1) is 10.1 Å². The van der Waals surface area contributed by atoms with Crippen LogP contribution in [-0.4, -0.2) is 21.6 Å². The first-order chi connectivity index (χ1) is 8.43. The van der Waals surface area contributed by atoms with Crippen molar-refractivity contribution < 1.29 is 14.5 Å². The first-order valence-electron chi connectivity index (χ1n) is 4.85. The van der Waals surface area contributed by atoms with Gasteiger partial charge in [0.15, 0.2) is 0 Å². The molecule has 0 aromatic heterocycles. The van der Waals surface area contributed by atoms with E-state index >= 15 is 0 Å². The summed E-state index contributed by atoms with van der Waals surface area (Å²) >= 11 is 8.99. The number of hydrogen-bond donors (Lipinski definition) is 1. The quantitative estimate of drug-likeness (QED) is 0.386. The van der Waals surface area contributed by atoms with Gasteiger partial charge in [0, 0.05) is 6.07 Å². The standard InChI is InChI=1S/C10H6BrClN2O4/c11-7-6(9(15)13-10(7)16)4-2-1-3-5(8(4)12)14(17)18/h1-3,6-7H,(H,13,15,16). The summed E-state index contributed by atoms with van der Waals surface area (Å²) in [6.07, 6.45) is 0. The number of nitro groups is 1. The monoisotopic (exact) mass is 332 g/mol. The predicted octanol–water partition coefficient (Wildman–Crippen LogP) is 1.75. The molecular formula is C10H6BrClN2O4. The van der Waals surface area contributed by atoms with Crippen molar-refractivity contribution in [3.8, 4) is 0 Å². The Kier molecular flexibility index (Phi) is 3.36. The molecular weight excluding hydrogens is 327 g/mol. The number of nitro benzene ring substituents is 1. The SMILES string of the molecule is O=C1NC(=O)C(c2cccc([N+](=O)[O-])c2Cl)C1Br. The minimum atomic E-state index is -0.857. The molecule has 0 radical (unpaired) electrons. The zero-order chi connectivity index (χ0) is 13.4. The zero-order valence-corrected chi connectivity index (χ0v) is 11.1. The van der Waals surface area contributed by atoms with Crippen molar-refractivity contribution >= 4 is 45.0 Å². The number of carbonyl (C=O) groups excluding carboxylic acids is 2. The molecule has 2 unspecified atom stereocenters. The van der Waals surface area contributed by atoms with Crippen molar-refractivity contribution in [2.45, 2.75) is 10.7 Å². The molecule has 0 spiro atoms. The van der Waals surface area contributed by atoms with Crippen LogP contribution in [0.25, 0.3) is 0 Å². The highest BCUT2D eigenvalue weighted by Crippen LogP contribution is 2.38. The first kappa shape index (κ1) is 13.0. The summed E-state index contributed by atoms with van der Waals surface area (Å²) in [4.78, 5) is 32.3. The van der Waals surface area contributed by atoms with E-state index in [1.54, 1.807) is 0 Å². The van der Waals surface area contributed by atoms with Gasteiger partial charge in [-0.25, -0.2) is 0 Å². The van der Waals surface area contributed by atoms with E-state index in [0.717, 1.165) is 0 Å². The number of nitrogens with zero attached hydrogens (tertiary/aromatic N) is 1. The third kappa shape index (κ3) is 1.99. The smallest absolute Gasteiger partial charge is 0.288 e. The van der Waals surface area contributed by atoms with Crippen molar-refractivity contribution in [3.63, 3.8) is 0 Å². The molecule has 6 nitrogen and oxygen atoms in total. The average molecular weight is 334 g/mol. The third-order valence-electron chi connectivity index (χ3n) is 2.61. The van der Waals surface area contributed by atoms with E-state index in [4.69, 9.17) is 11.6 Å². The van der Waals surface area contributed by atoms with Crippen molar-refractivity contribution in [1.82, 2.24) is 5.32 Å². The zero-order valence-electron chi connectivity index (χ0n) is 8.72. The molecule has 18 heavy (non-hydrogen) atoms. The van der Waals surface area contributed by atoms with Crippen LogP contribution in [0.4, 0.5) is 5.69 Å². The van der Waals surface area contributed by atoms with E-state index < -0.39 is 27.5 Å². The van der Waals surface area contributed by atoms with Crippen LogP contribution < -0.4 is 5.32 Å². The van der Waals surface area contributed by atoms with Crippen molar-refractivity contribution in [2.24, 2.45) is 0 Å². The lowest BCUT2D eigenvalue weighted by Gasteiger charge is -2.11. The van der Waals surface area contributed by atoms with Gasteiger partial charge in [0.25, 0.3) is 5.69 Å². The molecule has 0 bridgehead atoms. The highest BCUT2D eigenvalue weighted by molar-refractivity contribution is 9.10. The molecule has 1 N–H and O–H groups in total. The lowest BCUT2D eigenvalue weighted by Crippen LogP contribution is -2.22. The molecule has 1 fully saturated rings. The maximum atomic E-state index is 11.6. The summed E-state index contributed by atoms with van der Waals surface area (Å²) in [5, 5.41) is 12.8. The summed E-state index contributed by atoms with van der Waals surface area (Å²) in [6.45, 7) is 0. The minimum Gasteiger partial charge on any atom is -0.295 e. The number of halogens is 2. The molecule has 2 rings (SSSR count). The summed E-state index contributed by atoms with van der Waals surface area (Å²) < 4.78 is 0. The van der Waals surface area contributed by atoms with Gasteiger partial charge in [-0.05, 0) is 5.56 Å². The number of benzene rings is 1. The molecule has 8 heteroatoms. The van der Waals surface area contributed by atoms with E-state index in [1.807, 2.05) is 0 Å². The van der Waals surface area contributed by atoms with Crippen molar-refractivity contribution in [1.29, 1.82) is 0 Å². The van der Waals surface area contributed by atoms with Crippen LogP contribution in [0.15, 0.2) is 18.2 Å². The maximum absolute atomic E-state index is 11.6. The molecule has 94 valence electrons. The predicted molar refractivity (Wildman–Crippen MR) is 66.7 cm³/mol. The lowest BCUT2D eigenvalue weighted by molar-refractivity contribution is -0.384. The number of hydrogen-bond acceptors (Lipinski definition) is 4. The Morgan fingerprint density at radius 1 is 1.33 bits per heavy atom. The Hall–Kier alpha value is -1.47. The Bertz CT molecular complexity index is 563. The van der Waals surface area contributed by atoms with Crippen LogP contribution >= 0.6 is 27.5 Å². The van der Waals surface area contributed by atoms with E-state index in [0.29, 0.717) is 0 Å². The Labute approximate surface area is 115 Å². The third-order valence-corrected chi connectivity index (χ3v) is 3.97. The van der Waals surface area contributed by atoms with Gasteiger partial charge in [-0.15, -0.1) is 0 Å². The highest BCUT2D eigenvalue weighted by Gasteiger charge is 2.42. The number of imide groups is 1. The second-order valence-corrected chi connectivity index (χ2v) is 5.03. The van der Waals surface area contributed by atoms with Gasteiger partial charge in [-0.3, -0.25) is 25.0 Å². The van der Waals surface area contributed by atoms with E-state index in [-0.39, 0.29) is 16.3 Å². The topological polar surface area (TPSA) is 89.3 Å². The molecule has 2 amide bonds. The molecule has 0 saturated carbocycles. The second kappa shape index (κ2) is 4.66. The van der Waals surface area contributed by atoms with Crippen LogP contribution in [0.5, 0.6) is 0 Å². The Morgan fingerprint density at radius 3 is 2.50 bits per heavy atom. The number of rotatable bonds is 2. The molecule has 1 aliphatic heterocycles. The summed E-state index contributed by atoms with van der Waals surface area (Å²) in [5.74, 6) is -1.86. The van der Waals surface area contributed by atoms with Gasteiger partial charge < -0.3 is 0 Å². The van der Waals surface area contributed by atoms with Crippen molar-refractivity contribution in [3.05, 3.63) is 38.9 Å². The molecule has 1 aliphatic rings. The van der Waals surface area contributed by atoms with Gasteiger partial charge in [-0.2, -0.15) is 0 Å². The normalized spacial score (nSPS) is 23.0. The fourth-order valence-corrected chi connectivity index (χ4v) is 2.72. The number of carbonyl (C=O) groups is 2. The molecule has 0 aliphatic carbocycles. The van der Waals surface area contributed by atoms with Gasteiger partial charge in [0.2, 0.25) is 11.8 Å². The molecule has 2 atom stereocenters. The average Bonchev–Trinajstić information content (AvgIpc) is 2.54. The molecule has 1 saturated heterocycles. The van der Waals surface area contributed by atoms with Crippen LogP contribution in [0.3, 0.4) is 0 Å². The Morgan fingerprint density at radius 2 is 2.00 bits per heavy atom. The van der Waals surface area contributed by atoms with Crippen LogP contribution in [-0.2, 0) is 9.59 Å². The number of alkyl halides is 1. The summed E-state index contributed by atoms with van der Waals surface area (Å²) in [5.41, 5.74) is -0.0305. The summed E-state index contributed by atoms with van der Waals surface area (Å²) in [6, 6.07) is 4.16. The fraction of sp³-hybridized carbons (Fsp3) is 0.200. The fourth-order valence-electron chi connectivity index (χ4n) is 1.77. The first-order valence-corrected chi connectivity index (χ1v) is 6.14. The maximum Gasteiger partial charge on any atom is 0.288 e. The van der Waals surface area contributed by atoms with E-state index in [1.165, 1.54) is 18.2 Å². The van der Waals surface area contributed by atoms with Gasteiger partial charge in [0.1, 0.15) is 9.85 Å². The van der Waals surface area contributed by atoms with Gasteiger partial charge in [-0.1, -0.05) is 39.7 Å². The molecule has 1 aromatic carbocycles. The van der Waals surface area contributed by atoms with Gasteiger partial charge >= 0.3 is 0 Å². The Balaban J connectivity index is 2.52. The second-order valence-electron chi connectivity index (χ2n) is 3.67. The van der Waals surface area contributed by atoms with E-state index in [2.05, 4.69) is 21.2 Å². The summed E-state index contributed by atoms with van der Waals surface area (Å²) in [7, 11) is 0. The van der Waals surface area contributed by atoms with Crippen molar-refractivity contribution in [2.75, 3.05) is 0 Å². The van der Waals surface area contributed by atoms with Crippen LogP contribution in [0.1, 0.15) is 11.5 Å². The number of amides is 2. The van der Waals surface area contributed by atoms with E-state index in [9.17, 15) is 19.7 Å². The number of nitrogens with one attached hydrogen (secondary N) is 1. The van der Waals surface area contributed by atoms with Crippen LogP contribution in [0.2, 0.25) is 5.02 Å². The highest BCUT2D eigenvalue weighted by atomic mass is 79.9. The largest absolute Gasteiger partial charge is 0.295 e.